The van der Waals surface area contributed by atoms with Crippen molar-refractivity contribution in [3.63, 3.8) is 0 Å². The van der Waals surface area contributed by atoms with Gasteiger partial charge in [0.1, 0.15) is 0 Å². The highest BCUT2D eigenvalue weighted by molar-refractivity contribution is 6.47. The van der Waals surface area contributed by atoms with Gasteiger partial charge in [-0.2, -0.15) is 6.42 Å². The van der Waals surface area contributed by atoms with Crippen molar-refractivity contribution in [1.29, 1.82) is 0 Å². The maximum atomic E-state index is 3.05. The monoisotopic (exact) mass is 95.0 g/mol. The van der Waals surface area contributed by atoms with Crippen LogP contribution in [0.1, 0.15) is 0 Å². The van der Waals surface area contributed by atoms with Gasteiger partial charge in [0, 0.05) is 0 Å². The molecule has 0 aromatic carbocycles. The lowest BCUT2D eigenvalue weighted by Gasteiger charge is -1.89. The average Bonchev–Trinajstić information content (AvgIpc) is 1.72. The molecule has 2 heteroatoms. The van der Waals surface area contributed by atoms with Gasteiger partial charge in [0.25, 0.3) is 0 Å². The van der Waals surface area contributed by atoms with Crippen molar-refractivity contribution in [2.45, 2.75) is 0 Å². The Kier molecular flexibility index (Phi) is 1.12. The third-order valence-electron chi connectivity index (χ3n) is 0.554. The molecule has 0 unspecified atom stereocenters. The number of rotatable bonds is 0. The molecule has 1 aliphatic rings. The molecule has 1 rings (SSSR count). The first-order valence-electron chi connectivity index (χ1n) is 1.83. The number of hydrogen-bond acceptors (Lipinski definition) is 1. The average molecular weight is 95.2 g/mol. The molecule has 1 nitrogen and oxygen atoms in total. The smallest absolute Gasteiger partial charge is 0.296 e. The van der Waals surface area contributed by atoms with Crippen LogP contribution in [0.2, 0.25) is 0 Å². The number of hydrogen-bond donors (Lipinski definition) is 1. The Balaban J connectivity index is 2.40. The highest BCUT2D eigenvalue weighted by atomic mass is 28.2. The molecule has 0 atom stereocenters. The molecule has 0 bridgehead atoms. The fraction of sp³-hybridized carbons (Fsp3) is 0. The molecule has 0 fully saturated rings. The summed E-state index contributed by atoms with van der Waals surface area (Å²) in [7, 11) is 0.784. The van der Waals surface area contributed by atoms with Crippen LogP contribution in [0.15, 0.2) is 12.3 Å². The van der Waals surface area contributed by atoms with Crippen LogP contribution in [0.4, 0.5) is 0 Å². The van der Waals surface area contributed by atoms with Crippen LogP contribution in [-0.2, 0) is 0 Å². The second kappa shape index (κ2) is 1.82. The first-order valence-corrected chi connectivity index (χ1v) is 2.90. The Bertz CT molecular complexity index is 65.5. The Morgan fingerprint density at radius 1 is 1.67 bits per heavy atom. The summed E-state index contributed by atoms with van der Waals surface area (Å²) in [6.07, 6.45) is 5.96. The second-order valence-corrected chi connectivity index (χ2v) is 1.92. The zero-order valence-electron chi connectivity index (χ0n) is 3.31. The van der Waals surface area contributed by atoms with Crippen molar-refractivity contribution in [3.05, 3.63) is 18.7 Å². The summed E-state index contributed by atoms with van der Waals surface area (Å²) in [5.74, 6) is 0. The fourth-order valence-corrected chi connectivity index (χ4v) is 0.800. The predicted octanol–water partition coefficient (Wildman–Crippen LogP) is -0.271. The minimum Gasteiger partial charge on any atom is -0.296 e. The summed E-state index contributed by atoms with van der Waals surface area (Å²) in [4.78, 5) is 3.05. The van der Waals surface area contributed by atoms with Gasteiger partial charge in [0.15, 0.2) is 0 Å². The first-order chi connectivity index (χ1) is 3.00. The SMILES string of the molecule is C1=CN[Si+]=C[CH-]1. The van der Waals surface area contributed by atoms with Gasteiger partial charge in [-0.3, -0.25) is 4.98 Å². The summed E-state index contributed by atoms with van der Waals surface area (Å²) in [5.41, 5.74) is 2.10. The summed E-state index contributed by atoms with van der Waals surface area (Å²) in [6, 6.07) is 0. The van der Waals surface area contributed by atoms with Gasteiger partial charge >= 0.3 is 9.29 Å². The fourth-order valence-electron chi connectivity index (χ4n) is 0.304. The van der Waals surface area contributed by atoms with Crippen LogP contribution in [0, 0.1) is 6.42 Å². The van der Waals surface area contributed by atoms with E-state index in [0.717, 1.165) is 9.29 Å². The van der Waals surface area contributed by atoms with E-state index in [1.54, 1.807) is 0 Å². The summed E-state index contributed by atoms with van der Waals surface area (Å²) in [5, 5.41) is 0. The van der Waals surface area contributed by atoms with E-state index >= 15 is 0 Å². The molecule has 1 heterocycles. The summed E-state index contributed by atoms with van der Waals surface area (Å²) in [6.45, 7) is 0. The molecule has 0 radical (unpaired) electrons. The Labute approximate surface area is 39.6 Å². The molecule has 0 amide bonds. The second-order valence-electron chi connectivity index (χ2n) is 1.01. The molecule has 30 valence electrons. The van der Waals surface area contributed by atoms with Crippen molar-refractivity contribution in [2.24, 2.45) is 0 Å². The van der Waals surface area contributed by atoms with Crippen LogP contribution >= 0.6 is 0 Å². The molecule has 6 heavy (non-hydrogen) atoms. The minimum absolute atomic E-state index is 0.784. The first kappa shape index (κ1) is 3.68. The van der Waals surface area contributed by atoms with Crippen LogP contribution in [0.5, 0.6) is 0 Å². The molecule has 0 aliphatic carbocycles. The Morgan fingerprint density at radius 3 is 2.83 bits per heavy atom. The maximum absolute atomic E-state index is 3.05. The van der Waals surface area contributed by atoms with E-state index in [0.29, 0.717) is 0 Å². The molecule has 0 aromatic rings. The molecule has 1 aliphatic heterocycles. The third-order valence-corrected chi connectivity index (χ3v) is 1.25. The molecule has 0 saturated heterocycles. The van der Waals surface area contributed by atoms with E-state index in [2.05, 4.69) is 10.7 Å². The van der Waals surface area contributed by atoms with Gasteiger partial charge in [-0.1, -0.05) is 0 Å². The lowest BCUT2D eigenvalue weighted by atomic mass is 10.5. The van der Waals surface area contributed by atoms with Gasteiger partial charge < -0.3 is 0 Å². The quantitative estimate of drug-likeness (QED) is 0.322. The molecule has 1 N–H and O–H groups in total. The van der Waals surface area contributed by atoms with E-state index in [4.69, 9.17) is 0 Å². The van der Waals surface area contributed by atoms with Crippen molar-refractivity contribution < 1.29 is 0 Å². The topological polar surface area (TPSA) is 12.0 Å². The van der Waals surface area contributed by atoms with Crippen molar-refractivity contribution >= 4 is 15.0 Å². The third kappa shape index (κ3) is 0.722. The van der Waals surface area contributed by atoms with Crippen molar-refractivity contribution in [3.8, 4) is 0 Å². The minimum atomic E-state index is 0.784. The van der Waals surface area contributed by atoms with Crippen LogP contribution in [-0.4, -0.2) is 15.0 Å². The highest BCUT2D eigenvalue weighted by Crippen LogP contribution is 1.73. The standard InChI is InChI=1S/C4H5NSi/c1-2-4-6-5-3-1/h1-5H. The van der Waals surface area contributed by atoms with Crippen molar-refractivity contribution in [1.82, 2.24) is 4.98 Å². The molecule has 0 spiro atoms. The van der Waals surface area contributed by atoms with Crippen molar-refractivity contribution in [2.75, 3.05) is 0 Å². The van der Waals surface area contributed by atoms with Gasteiger partial charge in [-0.15, -0.1) is 6.20 Å². The summed E-state index contributed by atoms with van der Waals surface area (Å²) >= 11 is 0. The zero-order chi connectivity index (χ0) is 4.24. The lowest BCUT2D eigenvalue weighted by molar-refractivity contribution is 1.37. The van der Waals surface area contributed by atoms with E-state index < -0.39 is 0 Å². The largest absolute Gasteiger partial charge is 0.549 e. The van der Waals surface area contributed by atoms with Gasteiger partial charge in [0.05, 0.1) is 5.67 Å². The molecule has 0 aromatic heterocycles. The number of allylic oxidation sites excluding steroid dienone is 1. The van der Waals surface area contributed by atoms with E-state index in [1.165, 1.54) is 0 Å². The zero-order valence-corrected chi connectivity index (χ0v) is 4.31. The Morgan fingerprint density at radius 2 is 2.67 bits per heavy atom. The number of nitrogens with one attached hydrogen (secondary N) is 1. The normalized spacial score (nSPS) is 14.7. The van der Waals surface area contributed by atoms with E-state index in [1.807, 2.05) is 18.7 Å². The lowest BCUT2D eigenvalue weighted by Crippen LogP contribution is -2.09. The van der Waals surface area contributed by atoms with Crippen LogP contribution < -0.4 is 4.98 Å². The van der Waals surface area contributed by atoms with E-state index in [9.17, 15) is 0 Å². The molecular formula is C4H5NSi. The summed E-state index contributed by atoms with van der Waals surface area (Å²) < 4.78 is 0. The van der Waals surface area contributed by atoms with Gasteiger partial charge in [-0.25, -0.2) is 6.08 Å². The van der Waals surface area contributed by atoms with Gasteiger partial charge in [0.2, 0.25) is 0 Å². The van der Waals surface area contributed by atoms with Crippen LogP contribution in [0.3, 0.4) is 0 Å². The van der Waals surface area contributed by atoms with E-state index in [-0.39, 0.29) is 0 Å². The van der Waals surface area contributed by atoms with Gasteiger partial charge in [-0.05, 0) is 0 Å². The highest BCUT2D eigenvalue weighted by Gasteiger charge is 1.83. The van der Waals surface area contributed by atoms with Crippen LogP contribution in [0.25, 0.3) is 0 Å². The molecule has 0 saturated carbocycles. The Hall–Kier alpha value is -0.503. The predicted molar refractivity (Wildman–Crippen MR) is 28.4 cm³/mol. The molecular weight excluding hydrogens is 90.1 g/mol. The maximum Gasteiger partial charge on any atom is 0.549 e.